The number of aromatic nitrogens is 3. The Hall–Kier alpha value is -1.69. The quantitative estimate of drug-likeness (QED) is 0.899. The zero-order chi connectivity index (χ0) is 13.0. The molecule has 0 fully saturated rings. The summed E-state index contributed by atoms with van der Waals surface area (Å²) in [6.07, 6.45) is 3.31. The van der Waals surface area contributed by atoms with Crippen LogP contribution in [0.5, 0.6) is 5.88 Å². The molecule has 0 bridgehead atoms. The van der Waals surface area contributed by atoms with Gasteiger partial charge in [0.1, 0.15) is 17.2 Å². The molecule has 0 saturated heterocycles. The van der Waals surface area contributed by atoms with Gasteiger partial charge in [-0.3, -0.25) is 0 Å². The third kappa shape index (κ3) is 2.76. The van der Waals surface area contributed by atoms with Crippen LogP contribution in [0, 0.1) is 6.92 Å². The average Bonchev–Trinajstić information content (AvgIpc) is 2.88. The first-order chi connectivity index (χ1) is 8.72. The van der Waals surface area contributed by atoms with E-state index in [-0.39, 0.29) is 6.04 Å². The highest BCUT2D eigenvalue weighted by Crippen LogP contribution is 2.25. The number of anilines is 1. The first-order valence-corrected chi connectivity index (χ1v) is 6.70. The lowest BCUT2D eigenvalue weighted by atomic mass is 10.3. The summed E-state index contributed by atoms with van der Waals surface area (Å²) < 4.78 is 5.45. The molecule has 5 nitrogen and oxygen atoms in total. The highest BCUT2D eigenvalue weighted by Gasteiger charge is 2.12. The van der Waals surface area contributed by atoms with E-state index in [1.54, 1.807) is 17.5 Å². The predicted molar refractivity (Wildman–Crippen MR) is 72.1 cm³/mol. The third-order valence-corrected chi connectivity index (χ3v) is 3.45. The van der Waals surface area contributed by atoms with Gasteiger partial charge in [-0.1, -0.05) is 0 Å². The molecule has 6 heteroatoms. The Morgan fingerprint density at radius 2 is 2.22 bits per heavy atom. The van der Waals surface area contributed by atoms with Crippen molar-refractivity contribution in [3.8, 4) is 5.88 Å². The minimum atomic E-state index is 0.119. The van der Waals surface area contributed by atoms with Gasteiger partial charge in [-0.15, -0.1) is 11.3 Å². The Labute approximate surface area is 110 Å². The van der Waals surface area contributed by atoms with E-state index in [4.69, 9.17) is 4.74 Å². The fourth-order valence-electron chi connectivity index (χ4n) is 1.58. The predicted octanol–water partition coefficient (Wildman–Crippen LogP) is 2.81. The molecule has 18 heavy (non-hydrogen) atoms. The van der Waals surface area contributed by atoms with Crippen molar-refractivity contribution < 1.29 is 4.74 Å². The fourth-order valence-corrected chi connectivity index (χ4v) is 2.22. The van der Waals surface area contributed by atoms with Crippen LogP contribution >= 0.6 is 11.3 Å². The van der Waals surface area contributed by atoms with Crippen molar-refractivity contribution in [1.82, 2.24) is 15.0 Å². The Bertz CT molecular complexity index is 501. The molecule has 2 aromatic heterocycles. The molecular formula is C12H16N4OS. The summed E-state index contributed by atoms with van der Waals surface area (Å²) in [5.74, 6) is 1.41. The molecule has 1 atom stereocenters. The van der Waals surface area contributed by atoms with E-state index in [1.165, 1.54) is 6.33 Å². The topological polar surface area (TPSA) is 59.9 Å². The summed E-state index contributed by atoms with van der Waals surface area (Å²) >= 11 is 1.62. The summed E-state index contributed by atoms with van der Waals surface area (Å²) in [4.78, 5) is 12.6. The van der Waals surface area contributed by atoms with Gasteiger partial charge in [0.2, 0.25) is 5.88 Å². The Balaban J connectivity index is 2.16. The smallest absolute Gasteiger partial charge is 0.221 e. The van der Waals surface area contributed by atoms with Crippen LogP contribution in [0.25, 0.3) is 0 Å². The number of ether oxygens (including phenoxy) is 1. The van der Waals surface area contributed by atoms with Gasteiger partial charge >= 0.3 is 0 Å². The first-order valence-electron chi connectivity index (χ1n) is 5.82. The third-order valence-electron chi connectivity index (χ3n) is 2.49. The summed E-state index contributed by atoms with van der Waals surface area (Å²) in [6.45, 7) is 6.54. The van der Waals surface area contributed by atoms with Crippen molar-refractivity contribution in [2.45, 2.75) is 26.8 Å². The molecule has 0 aliphatic rings. The van der Waals surface area contributed by atoms with Crippen LogP contribution in [-0.2, 0) is 0 Å². The highest BCUT2D eigenvalue weighted by atomic mass is 32.1. The molecule has 0 aliphatic carbocycles. The van der Waals surface area contributed by atoms with Crippen LogP contribution in [-0.4, -0.2) is 21.6 Å². The number of hydrogen-bond donors (Lipinski definition) is 1. The SMILES string of the molecule is CCOc1ncnc(NC(C)c2nccs2)c1C. The number of thiazole rings is 1. The van der Waals surface area contributed by atoms with Crippen molar-refractivity contribution >= 4 is 17.2 Å². The van der Waals surface area contributed by atoms with E-state index in [0.29, 0.717) is 12.5 Å². The largest absolute Gasteiger partial charge is 0.478 e. The van der Waals surface area contributed by atoms with Crippen molar-refractivity contribution in [3.05, 3.63) is 28.5 Å². The zero-order valence-electron chi connectivity index (χ0n) is 10.7. The summed E-state index contributed by atoms with van der Waals surface area (Å²) in [6, 6.07) is 0.119. The van der Waals surface area contributed by atoms with Crippen LogP contribution in [0.3, 0.4) is 0 Å². The Morgan fingerprint density at radius 3 is 2.89 bits per heavy atom. The van der Waals surface area contributed by atoms with Gasteiger partial charge in [0.25, 0.3) is 0 Å². The second-order valence-electron chi connectivity index (χ2n) is 3.82. The van der Waals surface area contributed by atoms with E-state index in [0.717, 1.165) is 16.4 Å². The molecule has 1 N–H and O–H groups in total. The minimum absolute atomic E-state index is 0.119. The van der Waals surface area contributed by atoms with Crippen LogP contribution < -0.4 is 10.1 Å². The molecule has 0 saturated carbocycles. The highest BCUT2D eigenvalue weighted by molar-refractivity contribution is 7.09. The molecule has 2 rings (SSSR count). The van der Waals surface area contributed by atoms with Gasteiger partial charge in [-0.05, 0) is 20.8 Å². The Kier molecular flexibility index (Phi) is 4.09. The molecule has 2 aromatic rings. The maximum absolute atomic E-state index is 5.45. The molecule has 2 heterocycles. The van der Waals surface area contributed by atoms with Crippen molar-refractivity contribution in [1.29, 1.82) is 0 Å². The number of hydrogen-bond acceptors (Lipinski definition) is 6. The van der Waals surface area contributed by atoms with Crippen molar-refractivity contribution in [2.24, 2.45) is 0 Å². The van der Waals surface area contributed by atoms with Crippen LogP contribution in [0.15, 0.2) is 17.9 Å². The van der Waals surface area contributed by atoms with E-state index in [1.807, 2.05) is 19.2 Å². The van der Waals surface area contributed by atoms with Crippen LogP contribution in [0.1, 0.15) is 30.5 Å². The maximum Gasteiger partial charge on any atom is 0.221 e. The van der Waals surface area contributed by atoms with Gasteiger partial charge in [0, 0.05) is 11.6 Å². The van der Waals surface area contributed by atoms with E-state index in [9.17, 15) is 0 Å². The van der Waals surface area contributed by atoms with Crippen LogP contribution in [0.2, 0.25) is 0 Å². The number of nitrogens with zero attached hydrogens (tertiary/aromatic N) is 3. The first kappa shape index (κ1) is 12.8. The zero-order valence-corrected chi connectivity index (χ0v) is 11.5. The number of nitrogens with one attached hydrogen (secondary N) is 1. The maximum atomic E-state index is 5.45. The minimum Gasteiger partial charge on any atom is -0.478 e. The molecule has 0 spiro atoms. The molecule has 0 radical (unpaired) electrons. The summed E-state index contributed by atoms with van der Waals surface area (Å²) in [5, 5.41) is 6.33. The normalized spacial score (nSPS) is 12.2. The molecule has 96 valence electrons. The van der Waals surface area contributed by atoms with E-state index >= 15 is 0 Å². The van der Waals surface area contributed by atoms with Crippen LogP contribution in [0.4, 0.5) is 5.82 Å². The average molecular weight is 264 g/mol. The van der Waals surface area contributed by atoms with Crippen molar-refractivity contribution in [3.63, 3.8) is 0 Å². The van der Waals surface area contributed by atoms with Gasteiger partial charge in [-0.25, -0.2) is 15.0 Å². The Morgan fingerprint density at radius 1 is 1.39 bits per heavy atom. The molecule has 1 unspecified atom stereocenters. The second-order valence-corrected chi connectivity index (χ2v) is 4.75. The molecular weight excluding hydrogens is 248 g/mol. The van der Waals surface area contributed by atoms with Crippen molar-refractivity contribution in [2.75, 3.05) is 11.9 Å². The lowest BCUT2D eigenvalue weighted by Gasteiger charge is -2.15. The lowest BCUT2D eigenvalue weighted by Crippen LogP contribution is -2.10. The lowest BCUT2D eigenvalue weighted by molar-refractivity contribution is 0.324. The summed E-state index contributed by atoms with van der Waals surface area (Å²) in [7, 11) is 0. The fraction of sp³-hybridized carbons (Fsp3) is 0.417. The molecule has 0 aliphatic heterocycles. The number of rotatable bonds is 5. The second kappa shape index (κ2) is 5.77. The van der Waals surface area contributed by atoms with Gasteiger partial charge < -0.3 is 10.1 Å². The summed E-state index contributed by atoms with van der Waals surface area (Å²) in [5.41, 5.74) is 0.919. The van der Waals surface area contributed by atoms with Gasteiger partial charge in [0.05, 0.1) is 18.2 Å². The molecule has 0 aromatic carbocycles. The monoisotopic (exact) mass is 264 g/mol. The van der Waals surface area contributed by atoms with Gasteiger partial charge in [0.15, 0.2) is 0 Å². The molecule has 0 amide bonds. The van der Waals surface area contributed by atoms with E-state index < -0.39 is 0 Å². The van der Waals surface area contributed by atoms with Gasteiger partial charge in [-0.2, -0.15) is 0 Å². The van der Waals surface area contributed by atoms with E-state index in [2.05, 4.69) is 27.2 Å². The standard InChI is InChI=1S/C12H16N4OS/c1-4-17-11-8(2)10(14-7-15-11)16-9(3)12-13-5-6-18-12/h5-7,9H,4H2,1-3H3,(H,14,15,16).